The summed E-state index contributed by atoms with van der Waals surface area (Å²) in [5, 5.41) is 19.3. The van der Waals surface area contributed by atoms with Gasteiger partial charge in [0.25, 0.3) is 0 Å². The van der Waals surface area contributed by atoms with Crippen molar-refractivity contribution in [2.24, 2.45) is 0 Å². The summed E-state index contributed by atoms with van der Waals surface area (Å²) in [4.78, 5) is 11.2. The van der Waals surface area contributed by atoms with Gasteiger partial charge in [-0.1, -0.05) is 39.0 Å². The predicted molar refractivity (Wildman–Crippen MR) is 72.3 cm³/mol. The fraction of sp³-hybridized carbons (Fsp3) is 0.533. The van der Waals surface area contributed by atoms with Crippen LogP contribution in [0.5, 0.6) is 0 Å². The SMILES string of the molecule is CCC(C(=O)O)=C(CC)C1=CCC(O)(CC)C=C1. The van der Waals surface area contributed by atoms with E-state index >= 15 is 0 Å². The average molecular weight is 250 g/mol. The molecular formula is C15H22O3. The summed E-state index contributed by atoms with van der Waals surface area (Å²) in [6.45, 7) is 5.76. The minimum absolute atomic E-state index is 0.468. The third kappa shape index (κ3) is 3.10. The molecule has 18 heavy (non-hydrogen) atoms. The van der Waals surface area contributed by atoms with Crippen molar-refractivity contribution in [3.05, 3.63) is 34.9 Å². The molecule has 2 N–H and O–H groups in total. The van der Waals surface area contributed by atoms with Crippen LogP contribution < -0.4 is 0 Å². The Labute approximate surface area is 109 Å². The van der Waals surface area contributed by atoms with E-state index in [4.69, 9.17) is 0 Å². The van der Waals surface area contributed by atoms with Gasteiger partial charge in [-0.25, -0.2) is 4.79 Å². The Morgan fingerprint density at radius 3 is 2.33 bits per heavy atom. The highest BCUT2D eigenvalue weighted by atomic mass is 16.4. The summed E-state index contributed by atoms with van der Waals surface area (Å²) in [7, 11) is 0. The Morgan fingerprint density at radius 2 is 2.00 bits per heavy atom. The molecule has 3 nitrogen and oxygen atoms in total. The standard InChI is InChI=1S/C15H22O3/c1-4-12(13(5-2)14(16)17)11-7-9-15(18,6-3)10-8-11/h7-9,18H,4-6,10H2,1-3H3,(H,16,17). The Kier molecular flexibility index (Phi) is 4.91. The number of aliphatic carboxylic acids is 1. The van der Waals surface area contributed by atoms with Crippen molar-refractivity contribution >= 4 is 5.97 Å². The van der Waals surface area contributed by atoms with Gasteiger partial charge in [0.15, 0.2) is 0 Å². The van der Waals surface area contributed by atoms with Crippen LogP contribution in [-0.2, 0) is 4.79 Å². The molecule has 3 heteroatoms. The van der Waals surface area contributed by atoms with E-state index in [1.165, 1.54) is 0 Å². The van der Waals surface area contributed by atoms with Gasteiger partial charge in [0.2, 0.25) is 0 Å². The number of carboxylic acid groups (broad SMARTS) is 1. The van der Waals surface area contributed by atoms with Gasteiger partial charge < -0.3 is 10.2 Å². The Balaban J connectivity index is 3.08. The fourth-order valence-corrected chi connectivity index (χ4v) is 2.24. The Hall–Kier alpha value is -1.35. The summed E-state index contributed by atoms with van der Waals surface area (Å²) < 4.78 is 0. The van der Waals surface area contributed by atoms with Crippen molar-refractivity contribution in [3.63, 3.8) is 0 Å². The van der Waals surface area contributed by atoms with Crippen molar-refractivity contribution in [1.29, 1.82) is 0 Å². The summed E-state index contributed by atoms with van der Waals surface area (Å²) in [6, 6.07) is 0. The van der Waals surface area contributed by atoms with E-state index in [9.17, 15) is 15.0 Å². The molecule has 0 aromatic carbocycles. The van der Waals surface area contributed by atoms with Crippen LogP contribution in [0.2, 0.25) is 0 Å². The first kappa shape index (κ1) is 14.7. The molecule has 0 aromatic rings. The zero-order chi connectivity index (χ0) is 13.8. The van der Waals surface area contributed by atoms with Crippen LogP contribution >= 0.6 is 0 Å². The van der Waals surface area contributed by atoms with Crippen molar-refractivity contribution in [2.75, 3.05) is 0 Å². The highest BCUT2D eigenvalue weighted by Crippen LogP contribution is 2.30. The fourth-order valence-electron chi connectivity index (χ4n) is 2.24. The smallest absolute Gasteiger partial charge is 0.331 e. The van der Waals surface area contributed by atoms with Crippen molar-refractivity contribution in [2.45, 2.75) is 52.1 Å². The molecule has 100 valence electrons. The molecule has 0 aromatic heterocycles. The van der Waals surface area contributed by atoms with Gasteiger partial charge in [0.1, 0.15) is 0 Å². The third-order valence-corrected chi connectivity index (χ3v) is 3.54. The van der Waals surface area contributed by atoms with E-state index in [1.54, 1.807) is 6.08 Å². The van der Waals surface area contributed by atoms with Crippen molar-refractivity contribution < 1.29 is 15.0 Å². The van der Waals surface area contributed by atoms with Gasteiger partial charge in [-0.15, -0.1) is 0 Å². The zero-order valence-electron chi connectivity index (χ0n) is 11.4. The topological polar surface area (TPSA) is 57.5 Å². The molecule has 1 unspecified atom stereocenters. The molecule has 0 amide bonds. The number of aliphatic hydroxyl groups is 1. The summed E-state index contributed by atoms with van der Waals surface area (Å²) in [6.07, 6.45) is 8.00. The van der Waals surface area contributed by atoms with E-state index < -0.39 is 11.6 Å². The highest BCUT2D eigenvalue weighted by molar-refractivity contribution is 5.88. The Morgan fingerprint density at radius 1 is 1.33 bits per heavy atom. The summed E-state index contributed by atoms with van der Waals surface area (Å²) in [5.74, 6) is -0.847. The maximum absolute atomic E-state index is 11.2. The normalized spacial score (nSPS) is 24.6. The monoisotopic (exact) mass is 250 g/mol. The minimum atomic E-state index is -0.847. The van der Waals surface area contributed by atoms with Gasteiger partial charge >= 0.3 is 5.97 Å². The molecule has 0 spiro atoms. The first-order valence-corrected chi connectivity index (χ1v) is 6.54. The molecular weight excluding hydrogens is 228 g/mol. The molecule has 0 aliphatic heterocycles. The number of carboxylic acids is 1. The molecule has 0 fully saturated rings. The van der Waals surface area contributed by atoms with Crippen LogP contribution in [0.25, 0.3) is 0 Å². The van der Waals surface area contributed by atoms with E-state index in [-0.39, 0.29) is 0 Å². The lowest BCUT2D eigenvalue weighted by Gasteiger charge is -2.26. The molecule has 1 aliphatic rings. The number of rotatable bonds is 5. The van der Waals surface area contributed by atoms with Gasteiger partial charge in [-0.2, -0.15) is 0 Å². The molecule has 1 rings (SSSR count). The average Bonchev–Trinajstić information content (AvgIpc) is 2.36. The number of allylic oxidation sites excluding steroid dienone is 3. The summed E-state index contributed by atoms with van der Waals surface area (Å²) >= 11 is 0. The lowest BCUT2D eigenvalue weighted by Crippen LogP contribution is -2.25. The van der Waals surface area contributed by atoms with Crippen LogP contribution in [0.15, 0.2) is 34.9 Å². The molecule has 1 aliphatic carbocycles. The van der Waals surface area contributed by atoms with Crippen LogP contribution in [0.3, 0.4) is 0 Å². The second-order valence-electron chi connectivity index (χ2n) is 4.62. The molecule has 0 bridgehead atoms. The van der Waals surface area contributed by atoms with Crippen LogP contribution in [0, 0.1) is 0 Å². The first-order chi connectivity index (χ1) is 8.47. The van der Waals surface area contributed by atoms with Crippen molar-refractivity contribution in [1.82, 2.24) is 0 Å². The van der Waals surface area contributed by atoms with Crippen LogP contribution in [0.4, 0.5) is 0 Å². The van der Waals surface area contributed by atoms with E-state index in [2.05, 4.69) is 0 Å². The van der Waals surface area contributed by atoms with Crippen molar-refractivity contribution in [3.8, 4) is 0 Å². The second kappa shape index (κ2) is 6.01. The minimum Gasteiger partial charge on any atom is -0.478 e. The van der Waals surface area contributed by atoms with Crippen LogP contribution in [-0.4, -0.2) is 21.8 Å². The van der Waals surface area contributed by atoms with Gasteiger partial charge in [-0.3, -0.25) is 0 Å². The zero-order valence-corrected chi connectivity index (χ0v) is 11.4. The van der Waals surface area contributed by atoms with E-state index in [0.29, 0.717) is 31.3 Å². The maximum atomic E-state index is 11.2. The molecule has 0 saturated carbocycles. The molecule has 0 heterocycles. The number of hydrogen-bond donors (Lipinski definition) is 2. The summed E-state index contributed by atoms with van der Waals surface area (Å²) in [5.41, 5.74) is 1.52. The number of carbonyl (C=O) groups is 1. The third-order valence-electron chi connectivity index (χ3n) is 3.54. The lowest BCUT2D eigenvalue weighted by molar-refractivity contribution is -0.132. The highest BCUT2D eigenvalue weighted by Gasteiger charge is 2.24. The van der Waals surface area contributed by atoms with E-state index in [0.717, 1.165) is 11.1 Å². The second-order valence-corrected chi connectivity index (χ2v) is 4.62. The predicted octanol–water partition coefficient (Wildman–Crippen LogP) is 3.22. The maximum Gasteiger partial charge on any atom is 0.331 e. The van der Waals surface area contributed by atoms with E-state index in [1.807, 2.05) is 32.9 Å². The number of hydrogen-bond acceptors (Lipinski definition) is 2. The van der Waals surface area contributed by atoms with Gasteiger partial charge in [-0.05, 0) is 36.8 Å². The Bertz CT molecular complexity index is 415. The molecule has 1 atom stereocenters. The van der Waals surface area contributed by atoms with Crippen LogP contribution in [0.1, 0.15) is 46.5 Å². The van der Waals surface area contributed by atoms with Gasteiger partial charge in [0.05, 0.1) is 5.60 Å². The molecule has 0 radical (unpaired) electrons. The lowest BCUT2D eigenvalue weighted by atomic mass is 9.85. The first-order valence-electron chi connectivity index (χ1n) is 6.54. The quantitative estimate of drug-likeness (QED) is 0.737. The molecule has 0 saturated heterocycles. The van der Waals surface area contributed by atoms with Gasteiger partial charge in [0, 0.05) is 5.57 Å². The largest absolute Gasteiger partial charge is 0.478 e.